The third-order valence-corrected chi connectivity index (χ3v) is 5.05. The Kier molecular flexibility index (Phi) is 6.05. The second kappa shape index (κ2) is 8.24. The smallest absolute Gasteiger partial charge is 0.111 e. The fraction of sp³-hybridized carbons (Fsp3) is 0.471. The van der Waals surface area contributed by atoms with Crippen molar-refractivity contribution < 1.29 is 9.47 Å². The number of hydrogen-bond donors (Lipinski definition) is 0. The van der Waals surface area contributed by atoms with Crippen molar-refractivity contribution in [2.24, 2.45) is 0 Å². The van der Waals surface area contributed by atoms with Gasteiger partial charge in [0.1, 0.15) is 4.99 Å². The van der Waals surface area contributed by atoms with Crippen molar-refractivity contribution in [3.63, 3.8) is 0 Å². The summed E-state index contributed by atoms with van der Waals surface area (Å²) in [5, 5.41) is 0. The number of halogens is 1. The van der Waals surface area contributed by atoms with Gasteiger partial charge in [0, 0.05) is 42.4 Å². The zero-order chi connectivity index (χ0) is 16.1. The molecule has 0 bridgehead atoms. The lowest BCUT2D eigenvalue weighted by molar-refractivity contribution is 0.0595. The van der Waals surface area contributed by atoms with Gasteiger partial charge >= 0.3 is 0 Å². The Morgan fingerprint density at radius 3 is 2.13 bits per heavy atom. The Morgan fingerprint density at radius 1 is 0.957 bits per heavy atom. The summed E-state index contributed by atoms with van der Waals surface area (Å²) in [7, 11) is 0. The summed E-state index contributed by atoms with van der Waals surface area (Å²) in [5.41, 5.74) is 2.26. The molecule has 1 aromatic rings. The highest BCUT2D eigenvalue weighted by atomic mass is 79.9. The van der Waals surface area contributed by atoms with Crippen LogP contribution in [0, 0.1) is 0 Å². The molecule has 0 unspecified atom stereocenters. The molecular formula is C17H21BrN2O2S. The first-order valence-corrected chi connectivity index (χ1v) is 9.11. The number of thiocarbonyl (C=S) groups is 1. The number of rotatable bonds is 3. The highest BCUT2D eigenvalue weighted by molar-refractivity contribution is 9.10. The highest BCUT2D eigenvalue weighted by Crippen LogP contribution is 2.23. The van der Waals surface area contributed by atoms with Crippen LogP contribution in [0.4, 0.5) is 0 Å². The fourth-order valence-corrected chi connectivity index (χ4v) is 3.33. The summed E-state index contributed by atoms with van der Waals surface area (Å²) >= 11 is 9.31. The van der Waals surface area contributed by atoms with Gasteiger partial charge in [0.2, 0.25) is 0 Å². The largest absolute Gasteiger partial charge is 0.378 e. The predicted octanol–water partition coefficient (Wildman–Crippen LogP) is 2.78. The summed E-state index contributed by atoms with van der Waals surface area (Å²) in [6.45, 7) is 6.56. The van der Waals surface area contributed by atoms with Crippen molar-refractivity contribution in [2.75, 3.05) is 52.6 Å². The van der Waals surface area contributed by atoms with Gasteiger partial charge in [-0.3, -0.25) is 0 Å². The molecule has 3 rings (SSSR count). The van der Waals surface area contributed by atoms with E-state index >= 15 is 0 Å². The minimum atomic E-state index is 0.741. The second-order valence-corrected chi connectivity index (χ2v) is 6.90. The second-order valence-electron chi connectivity index (χ2n) is 5.60. The van der Waals surface area contributed by atoms with Crippen LogP contribution in [0.3, 0.4) is 0 Å². The maximum absolute atomic E-state index is 5.81. The van der Waals surface area contributed by atoms with Gasteiger partial charge in [-0.25, -0.2) is 0 Å². The molecule has 0 saturated carbocycles. The van der Waals surface area contributed by atoms with E-state index in [1.807, 2.05) is 0 Å². The van der Waals surface area contributed by atoms with E-state index in [0.717, 1.165) is 73.2 Å². The molecule has 6 heteroatoms. The molecule has 2 aliphatic heterocycles. The Labute approximate surface area is 151 Å². The molecule has 23 heavy (non-hydrogen) atoms. The van der Waals surface area contributed by atoms with Crippen LogP contribution in [0.2, 0.25) is 0 Å². The quantitative estimate of drug-likeness (QED) is 0.577. The van der Waals surface area contributed by atoms with Crippen LogP contribution in [0.15, 0.2) is 34.9 Å². The van der Waals surface area contributed by atoms with Gasteiger partial charge in [-0.05, 0) is 17.7 Å². The van der Waals surface area contributed by atoms with Crippen LogP contribution >= 0.6 is 28.1 Å². The molecular weight excluding hydrogens is 376 g/mol. The Hall–Kier alpha value is -0.950. The topological polar surface area (TPSA) is 24.9 Å². The lowest BCUT2D eigenvalue weighted by Crippen LogP contribution is -2.41. The van der Waals surface area contributed by atoms with Gasteiger partial charge in [0.05, 0.1) is 26.4 Å². The van der Waals surface area contributed by atoms with E-state index in [-0.39, 0.29) is 0 Å². The van der Waals surface area contributed by atoms with Crippen molar-refractivity contribution in [2.45, 2.75) is 0 Å². The monoisotopic (exact) mass is 396 g/mol. The third kappa shape index (κ3) is 4.53. The zero-order valence-electron chi connectivity index (χ0n) is 13.0. The number of benzene rings is 1. The summed E-state index contributed by atoms with van der Waals surface area (Å²) in [4.78, 5) is 5.45. The molecule has 0 N–H and O–H groups in total. The van der Waals surface area contributed by atoms with E-state index in [0.29, 0.717) is 0 Å². The third-order valence-electron chi connectivity index (χ3n) is 4.04. The maximum atomic E-state index is 5.81. The van der Waals surface area contributed by atoms with E-state index in [1.54, 1.807) is 0 Å². The van der Waals surface area contributed by atoms with Crippen LogP contribution in [-0.2, 0) is 9.47 Å². The zero-order valence-corrected chi connectivity index (χ0v) is 15.4. The van der Waals surface area contributed by atoms with Crippen molar-refractivity contribution in [1.82, 2.24) is 9.80 Å². The van der Waals surface area contributed by atoms with Crippen molar-refractivity contribution >= 4 is 38.7 Å². The SMILES string of the molecule is S=C(/C(=C/N1CCOCC1)c1ccc(Br)cc1)N1CCOCC1. The van der Waals surface area contributed by atoms with Crippen molar-refractivity contribution in [1.29, 1.82) is 0 Å². The summed E-state index contributed by atoms with van der Waals surface area (Å²) < 4.78 is 12.0. The molecule has 0 aliphatic carbocycles. The van der Waals surface area contributed by atoms with Gasteiger partial charge in [-0.1, -0.05) is 40.3 Å². The normalized spacial score (nSPS) is 19.8. The first-order valence-electron chi connectivity index (χ1n) is 7.90. The van der Waals surface area contributed by atoms with Crippen LogP contribution < -0.4 is 0 Å². The number of nitrogens with zero attached hydrogens (tertiary/aromatic N) is 2. The maximum Gasteiger partial charge on any atom is 0.111 e. The van der Waals surface area contributed by atoms with Crippen LogP contribution in [-0.4, -0.2) is 67.4 Å². The molecule has 2 fully saturated rings. The minimum absolute atomic E-state index is 0.741. The number of hydrogen-bond acceptors (Lipinski definition) is 4. The molecule has 2 saturated heterocycles. The predicted molar refractivity (Wildman–Crippen MR) is 99.5 cm³/mol. The lowest BCUT2D eigenvalue weighted by Gasteiger charge is -2.32. The molecule has 4 nitrogen and oxygen atoms in total. The van der Waals surface area contributed by atoms with E-state index in [1.165, 1.54) is 0 Å². The Balaban J connectivity index is 1.86. The number of ether oxygens (including phenoxy) is 2. The fourth-order valence-electron chi connectivity index (χ4n) is 2.71. The van der Waals surface area contributed by atoms with E-state index in [4.69, 9.17) is 21.7 Å². The Bertz CT molecular complexity index is 564. The molecule has 0 spiro atoms. The van der Waals surface area contributed by atoms with Gasteiger partial charge in [-0.2, -0.15) is 0 Å². The summed E-state index contributed by atoms with van der Waals surface area (Å²) in [6.07, 6.45) is 2.20. The average molecular weight is 397 g/mol. The standard InChI is InChI=1S/C17H21BrN2O2S/c18-15-3-1-14(2-4-15)16(13-19-5-9-21-10-6-19)17(23)20-7-11-22-12-8-20/h1-4,13H,5-12H2/b16-13+. The van der Waals surface area contributed by atoms with Gasteiger partial charge in [0.25, 0.3) is 0 Å². The molecule has 1 aromatic carbocycles. The van der Waals surface area contributed by atoms with Gasteiger partial charge in [-0.15, -0.1) is 0 Å². The van der Waals surface area contributed by atoms with E-state index in [9.17, 15) is 0 Å². The molecule has 2 heterocycles. The molecule has 2 aliphatic rings. The average Bonchev–Trinajstić information content (AvgIpc) is 2.62. The van der Waals surface area contributed by atoms with Crippen molar-refractivity contribution in [3.8, 4) is 0 Å². The lowest BCUT2D eigenvalue weighted by atomic mass is 10.1. The summed E-state index contributed by atoms with van der Waals surface area (Å²) in [5.74, 6) is 0. The van der Waals surface area contributed by atoms with Crippen molar-refractivity contribution in [3.05, 3.63) is 40.5 Å². The molecule has 0 radical (unpaired) electrons. The van der Waals surface area contributed by atoms with Crippen LogP contribution in [0.1, 0.15) is 5.56 Å². The van der Waals surface area contributed by atoms with E-state index in [2.05, 4.69) is 56.2 Å². The first kappa shape index (κ1) is 16.9. The summed E-state index contributed by atoms with van der Waals surface area (Å²) in [6, 6.07) is 8.35. The molecule has 0 aromatic heterocycles. The molecule has 124 valence electrons. The van der Waals surface area contributed by atoms with Crippen LogP contribution in [0.25, 0.3) is 5.57 Å². The first-order chi connectivity index (χ1) is 11.2. The van der Waals surface area contributed by atoms with Gasteiger partial charge in [0.15, 0.2) is 0 Å². The Morgan fingerprint density at radius 2 is 1.52 bits per heavy atom. The highest BCUT2D eigenvalue weighted by Gasteiger charge is 2.20. The number of morpholine rings is 2. The van der Waals surface area contributed by atoms with Crippen LogP contribution in [0.5, 0.6) is 0 Å². The molecule has 0 amide bonds. The minimum Gasteiger partial charge on any atom is -0.378 e. The van der Waals surface area contributed by atoms with E-state index < -0.39 is 0 Å². The molecule has 0 atom stereocenters. The van der Waals surface area contributed by atoms with Gasteiger partial charge < -0.3 is 19.3 Å².